The highest BCUT2D eigenvalue weighted by Crippen LogP contribution is 2.39. The zero-order valence-corrected chi connectivity index (χ0v) is 29.6. The molecule has 1 saturated heterocycles. The van der Waals surface area contributed by atoms with Crippen molar-refractivity contribution >= 4 is 50.7 Å². The van der Waals surface area contributed by atoms with Gasteiger partial charge in [-0.25, -0.2) is 8.42 Å². The number of rotatable bonds is 9. The van der Waals surface area contributed by atoms with Gasteiger partial charge in [-0.3, -0.25) is 23.6 Å². The van der Waals surface area contributed by atoms with Crippen LogP contribution >= 0.6 is 11.6 Å². The van der Waals surface area contributed by atoms with Crippen molar-refractivity contribution in [3.8, 4) is 0 Å². The van der Waals surface area contributed by atoms with Crippen molar-refractivity contribution in [3.05, 3.63) is 100 Å². The lowest BCUT2D eigenvalue weighted by atomic mass is 9.98. The maximum absolute atomic E-state index is 14.5. The summed E-state index contributed by atoms with van der Waals surface area (Å²) < 4.78 is 29.9. The highest BCUT2D eigenvalue weighted by atomic mass is 35.5. The zero-order chi connectivity index (χ0) is 34.9. The number of nitrogens with one attached hydrogen (secondary N) is 2. The van der Waals surface area contributed by atoms with Crippen molar-refractivity contribution in [1.29, 1.82) is 0 Å². The Bertz CT molecular complexity index is 1870. The van der Waals surface area contributed by atoms with Crippen molar-refractivity contribution in [2.75, 3.05) is 36.3 Å². The van der Waals surface area contributed by atoms with Crippen molar-refractivity contribution in [2.24, 2.45) is 0 Å². The lowest BCUT2D eigenvalue weighted by molar-refractivity contribution is -0.135. The van der Waals surface area contributed by atoms with Crippen LogP contribution in [0.15, 0.2) is 77.7 Å². The average molecular weight is 704 g/mol. The monoisotopic (exact) mass is 703 g/mol. The van der Waals surface area contributed by atoms with Gasteiger partial charge in [-0.1, -0.05) is 60.2 Å². The largest absolute Gasteiger partial charge is 0.344 e. The lowest BCUT2D eigenvalue weighted by Crippen LogP contribution is -2.55. The minimum absolute atomic E-state index is 0.0206. The molecule has 0 aliphatic carbocycles. The topological polar surface area (TPSA) is 119 Å². The van der Waals surface area contributed by atoms with Crippen LogP contribution in [0, 0.1) is 13.8 Å². The van der Waals surface area contributed by atoms with E-state index in [1.54, 1.807) is 55.1 Å². The van der Waals surface area contributed by atoms with E-state index in [4.69, 9.17) is 11.6 Å². The number of carbonyl (C=O) groups is 3. The van der Waals surface area contributed by atoms with Gasteiger partial charge in [-0.15, -0.1) is 0 Å². The average Bonchev–Trinajstić information content (AvgIpc) is 3.60. The molecule has 3 heterocycles. The van der Waals surface area contributed by atoms with Crippen molar-refractivity contribution < 1.29 is 22.8 Å². The van der Waals surface area contributed by atoms with Crippen molar-refractivity contribution in [2.45, 2.75) is 69.0 Å². The number of halogens is 1. The minimum atomic E-state index is -4.35. The molecule has 6 rings (SSSR count). The van der Waals surface area contributed by atoms with Crippen LogP contribution in [0.5, 0.6) is 0 Å². The van der Waals surface area contributed by atoms with Gasteiger partial charge in [-0.2, -0.15) is 0 Å². The number of aryl methyl sites for hydroxylation is 2. The van der Waals surface area contributed by atoms with E-state index in [1.165, 1.54) is 0 Å². The number of likely N-dealkylation sites (tertiary alicyclic amines) is 1. The third-order valence-electron chi connectivity index (χ3n) is 9.56. The maximum Gasteiger partial charge on any atom is 0.265 e. The molecule has 10 nitrogen and oxygen atoms in total. The predicted octanol–water partition coefficient (Wildman–Crippen LogP) is 5.15. The molecule has 3 aliphatic heterocycles. The third kappa shape index (κ3) is 7.25. The van der Waals surface area contributed by atoms with Crippen molar-refractivity contribution in [1.82, 2.24) is 15.1 Å². The summed E-state index contributed by atoms with van der Waals surface area (Å²) in [4.78, 5) is 45.3. The van der Waals surface area contributed by atoms with Crippen LogP contribution in [0.1, 0.15) is 54.0 Å². The molecule has 3 aromatic rings. The van der Waals surface area contributed by atoms with Gasteiger partial charge in [-0.05, 0) is 86.7 Å². The number of sulfonamides is 1. The molecule has 3 unspecified atom stereocenters. The number of benzene rings is 3. The summed E-state index contributed by atoms with van der Waals surface area (Å²) in [5.74, 6) is -1.44. The number of hydrogen-bond donors (Lipinski definition) is 2. The number of anilines is 2. The normalized spacial score (nSPS) is 20.1. The molecule has 3 amide bonds. The van der Waals surface area contributed by atoms with Crippen LogP contribution < -0.4 is 14.9 Å². The van der Waals surface area contributed by atoms with Gasteiger partial charge >= 0.3 is 0 Å². The first-order valence-corrected chi connectivity index (χ1v) is 18.5. The van der Waals surface area contributed by atoms with Gasteiger partial charge in [0.1, 0.15) is 12.1 Å². The molecule has 0 spiro atoms. The quantitative estimate of drug-likeness (QED) is 0.298. The summed E-state index contributed by atoms with van der Waals surface area (Å²) in [6.07, 6.45) is 6.94. The first-order valence-electron chi connectivity index (χ1n) is 16.7. The van der Waals surface area contributed by atoms with Crippen LogP contribution in [0.4, 0.5) is 11.4 Å². The van der Waals surface area contributed by atoms with Crippen LogP contribution in [0.2, 0.25) is 5.02 Å². The fourth-order valence-corrected chi connectivity index (χ4v) is 9.54. The number of amides is 3. The van der Waals surface area contributed by atoms with Crippen LogP contribution in [0.3, 0.4) is 0 Å². The summed E-state index contributed by atoms with van der Waals surface area (Å²) in [7, 11) is -2.26. The molecule has 2 N–H and O–H groups in total. The zero-order valence-electron chi connectivity index (χ0n) is 28.0. The van der Waals surface area contributed by atoms with E-state index in [1.807, 2.05) is 12.1 Å². The Labute approximate surface area is 293 Å². The number of nitrogens with zero attached hydrogens (tertiary/aromatic N) is 3. The molecule has 0 bridgehead atoms. The smallest absolute Gasteiger partial charge is 0.265 e. The minimum Gasteiger partial charge on any atom is -0.344 e. The number of fused-ring (bicyclic) bond motifs is 1. The maximum atomic E-state index is 14.5. The first-order chi connectivity index (χ1) is 23.4. The Morgan fingerprint density at radius 2 is 1.67 bits per heavy atom. The van der Waals surface area contributed by atoms with Crippen LogP contribution in [-0.2, 0) is 30.8 Å². The molecule has 0 aromatic heterocycles. The Balaban J connectivity index is 1.28. The lowest BCUT2D eigenvalue weighted by Gasteiger charge is -2.37. The van der Waals surface area contributed by atoms with E-state index in [-0.39, 0.29) is 29.0 Å². The van der Waals surface area contributed by atoms with E-state index < -0.39 is 40.3 Å². The Kier molecular flexibility index (Phi) is 10.1. The summed E-state index contributed by atoms with van der Waals surface area (Å²) in [6.45, 7) is 5.49. The second-order valence-electron chi connectivity index (χ2n) is 13.1. The molecular weight excluding hydrogens is 662 g/mol. The van der Waals surface area contributed by atoms with E-state index in [9.17, 15) is 22.8 Å². The molecule has 49 heavy (non-hydrogen) atoms. The second-order valence-corrected chi connectivity index (χ2v) is 15.3. The standard InChI is InChI=1S/C37H42ClN5O5S/c1-24-20-28(38)21-25(2)35(24)49(47,48)43-32-12-5-4-10-29(32)40-36(45)33(43)23-34(44)39-30(37(46)42-18-8-9-19-42)22-26-13-15-27(16-14-26)31-11-6-7-17-41(31)3/h4-6,10-16,20-21,30-31,33H,7-9,17-19,22-23H2,1-3H3,(H,39,44)(H,40,45). The van der Waals surface area contributed by atoms with Gasteiger partial charge in [0.15, 0.2) is 0 Å². The Morgan fingerprint density at radius 3 is 2.35 bits per heavy atom. The summed E-state index contributed by atoms with van der Waals surface area (Å²) >= 11 is 6.23. The number of likely N-dealkylation sites (N-methyl/N-ethyl adjacent to an activating group) is 1. The third-order valence-corrected chi connectivity index (χ3v) is 11.9. The second kappa shape index (κ2) is 14.3. The number of carbonyl (C=O) groups excluding carboxylic acids is 3. The highest BCUT2D eigenvalue weighted by molar-refractivity contribution is 7.93. The van der Waals surface area contributed by atoms with Gasteiger partial charge in [0, 0.05) is 31.1 Å². The first kappa shape index (κ1) is 34.7. The SMILES string of the molecule is Cc1cc(Cl)cc(C)c1S(=O)(=O)N1c2ccccc2NC(=O)C1CC(=O)NC(Cc1ccc(C2C=CCCN2C)cc1)C(=O)N1CCCC1. The molecule has 12 heteroatoms. The molecule has 3 aromatic carbocycles. The Morgan fingerprint density at radius 1 is 1.00 bits per heavy atom. The molecule has 0 radical (unpaired) electrons. The van der Waals surface area contributed by atoms with Gasteiger partial charge in [0.2, 0.25) is 17.7 Å². The predicted molar refractivity (Wildman–Crippen MR) is 191 cm³/mol. The van der Waals surface area contributed by atoms with Crippen LogP contribution in [0.25, 0.3) is 0 Å². The van der Waals surface area contributed by atoms with Crippen molar-refractivity contribution in [3.63, 3.8) is 0 Å². The summed E-state index contributed by atoms with van der Waals surface area (Å²) in [5.41, 5.74) is 3.43. The Hall–Kier alpha value is -4.19. The molecule has 1 fully saturated rings. The van der Waals surface area contributed by atoms with Crippen LogP contribution in [-0.4, -0.2) is 74.7 Å². The highest BCUT2D eigenvalue weighted by Gasteiger charge is 2.43. The van der Waals surface area contributed by atoms with Gasteiger partial charge in [0.05, 0.1) is 28.7 Å². The summed E-state index contributed by atoms with van der Waals surface area (Å²) in [5, 5.41) is 6.06. The summed E-state index contributed by atoms with van der Waals surface area (Å²) in [6, 6.07) is 15.7. The molecule has 3 atom stereocenters. The molecule has 258 valence electrons. The molecular formula is C37H42ClN5O5S. The van der Waals surface area contributed by atoms with Gasteiger partial charge < -0.3 is 15.5 Å². The van der Waals surface area contributed by atoms with Gasteiger partial charge in [0.25, 0.3) is 10.0 Å². The number of hydrogen-bond acceptors (Lipinski definition) is 6. The van der Waals surface area contributed by atoms with E-state index in [0.717, 1.165) is 41.2 Å². The van der Waals surface area contributed by atoms with E-state index >= 15 is 0 Å². The fourth-order valence-electron chi connectivity index (χ4n) is 7.17. The molecule has 3 aliphatic rings. The molecule has 0 saturated carbocycles. The van der Waals surface area contributed by atoms with E-state index in [0.29, 0.717) is 34.9 Å². The fraction of sp³-hybridized carbons (Fsp3) is 0.378. The number of para-hydroxylation sites is 2. The van der Waals surface area contributed by atoms with E-state index in [2.05, 4.69) is 46.9 Å².